The molecule has 0 fully saturated rings. The van der Waals surface area contributed by atoms with Gasteiger partial charge in [-0.3, -0.25) is 0 Å². The van der Waals surface area contributed by atoms with Crippen molar-refractivity contribution in [2.24, 2.45) is 0 Å². The van der Waals surface area contributed by atoms with E-state index >= 15 is 0 Å². The monoisotopic (exact) mass is 303 g/mol. The van der Waals surface area contributed by atoms with Crippen LogP contribution in [0.4, 0.5) is 4.79 Å². The third-order valence-corrected chi connectivity index (χ3v) is 3.22. The van der Waals surface area contributed by atoms with Gasteiger partial charge in [-0.1, -0.05) is 35.5 Å². The Morgan fingerprint density at radius 1 is 1.36 bits per heavy atom. The number of carbonyl (C=O) groups is 1. The number of amides is 2. The number of aliphatic hydroxyl groups is 1. The number of urea groups is 1. The first-order valence-electron chi connectivity index (χ1n) is 7.35. The van der Waals surface area contributed by atoms with E-state index in [0.717, 1.165) is 12.0 Å². The van der Waals surface area contributed by atoms with Crippen LogP contribution in [-0.4, -0.2) is 28.9 Å². The van der Waals surface area contributed by atoms with Crippen LogP contribution in [0.25, 0.3) is 11.3 Å². The summed E-state index contributed by atoms with van der Waals surface area (Å²) in [5.41, 5.74) is 1.61. The van der Waals surface area contributed by atoms with Crippen molar-refractivity contribution in [3.05, 3.63) is 42.1 Å². The van der Waals surface area contributed by atoms with Crippen molar-refractivity contribution in [1.29, 1.82) is 0 Å². The van der Waals surface area contributed by atoms with Crippen LogP contribution in [0.3, 0.4) is 0 Å². The lowest BCUT2D eigenvalue weighted by molar-refractivity contribution is 0.233. The Labute approximate surface area is 129 Å². The first kappa shape index (κ1) is 16.0. The maximum Gasteiger partial charge on any atom is 0.315 e. The van der Waals surface area contributed by atoms with E-state index < -0.39 is 0 Å². The smallest absolute Gasteiger partial charge is 0.315 e. The van der Waals surface area contributed by atoms with E-state index in [1.165, 1.54) is 0 Å². The van der Waals surface area contributed by atoms with E-state index in [0.29, 0.717) is 24.4 Å². The molecule has 3 N–H and O–H groups in total. The first-order valence-corrected chi connectivity index (χ1v) is 7.35. The van der Waals surface area contributed by atoms with Crippen molar-refractivity contribution in [2.45, 2.75) is 32.4 Å². The highest BCUT2D eigenvalue weighted by molar-refractivity contribution is 5.74. The largest absolute Gasteiger partial charge is 0.396 e. The summed E-state index contributed by atoms with van der Waals surface area (Å²) in [7, 11) is 0. The Morgan fingerprint density at radius 2 is 2.14 bits per heavy atom. The lowest BCUT2D eigenvalue weighted by atomic mass is 10.2. The molecule has 0 saturated heterocycles. The predicted molar refractivity (Wildman–Crippen MR) is 83.1 cm³/mol. The molecule has 2 amide bonds. The first-order chi connectivity index (χ1) is 10.7. The molecule has 1 aromatic heterocycles. The maximum atomic E-state index is 11.7. The van der Waals surface area contributed by atoms with E-state index in [4.69, 9.17) is 9.63 Å². The number of hydrogen-bond acceptors (Lipinski definition) is 4. The van der Waals surface area contributed by atoms with Crippen LogP contribution in [0.15, 0.2) is 40.9 Å². The molecule has 22 heavy (non-hydrogen) atoms. The van der Waals surface area contributed by atoms with Gasteiger partial charge in [0.15, 0.2) is 5.76 Å². The van der Waals surface area contributed by atoms with Gasteiger partial charge in [0.2, 0.25) is 0 Å². The summed E-state index contributed by atoms with van der Waals surface area (Å²) in [5, 5.41) is 18.2. The molecule has 0 aliphatic heterocycles. The molecule has 1 aromatic carbocycles. The average Bonchev–Trinajstić information content (AvgIpc) is 3.01. The Bertz CT molecular complexity index is 583. The van der Waals surface area contributed by atoms with Crippen LogP contribution in [0.2, 0.25) is 0 Å². The fraction of sp³-hybridized carbons (Fsp3) is 0.375. The molecule has 0 spiro atoms. The van der Waals surface area contributed by atoms with Crippen molar-refractivity contribution >= 4 is 6.03 Å². The third-order valence-electron chi connectivity index (χ3n) is 3.22. The molecule has 6 nitrogen and oxygen atoms in total. The number of benzene rings is 1. The van der Waals surface area contributed by atoms with E-state index in [9.17, 15) is 4.79 Å². The van der Waals surface area contributed by atoms with E-state index in [1.807, 2.05) is 43.3 Å². The normalized spacial score (nSPS) is 11.9. The number of aromatic nitrogens is 1. The van der Waals surface area contributed by atoms with Crippen molar-refractivity contribution in [3.63, 3.8) is 0 Å². The number of aliphatic hydroxyl groups excluding tert-OH is 1. The summed E-state index contributed by atoms with van der Waals surface area (Å²) < 4.78 is 5.27. The second-order valence-corrected chi connectivity index (χ2v) is 5.14. The van der Waals surface area contributed by atoms with Crippen LogP contribution in [0.5, 0.6) is 0 Å². The SMILES string of the molecule is CC(CCCO)NC(=O)NCc1cc(-c2ccccc2)on1. The zero-order valence-electron chi connectivity index (χ0n) is 12.6. The molecule has 6 heteroatoms. The van der Waals surface area contributed by atoms with Gasteiger partial charge in [0.1, 0.15) is 5.69 Å². The van der Waals surface area contributed by atoms with Gasteiger partial charge in [0.05, 0.1) is 6.54 Å². The highest BCUT2D eigenvalue weighted by atomic mass is 16.5. The lowest BCUT2D eigenvalue weighted by Crippen LogP contribution is -2.40. The fourth-order valence-corrected chi connectivity index (χ4v) is 2.05. The topological polar surface area (TPSA) is 87.4 Å². The quantitative estimate of drug-likeness (QED) is 0.732. The summed E-state index contributed by atoms with van der Waals surface area (Å²) in [4.78, 5) is 11.7. The molecule has 1 atom stereocenters. The minimum atomic E-state index is -0.255. The number of hydrogen-bond donors (Lipinski definition) is 3. The molecule has 0 bridgehead atoms. The number of carbonyl (C=O) groups excluding carboxylic acids is 1. The van der Waals surface area contributed by atoms with E-state index in [1.54, 1.807) is 0 Å². The molecule has 0 aliphatic carbocycles. The Hall–Kier alpha value is -2.34. The van der Waals surface area contributed by atoms with Gasteiger partial charge in [0, 0.05) is 24.3 Å². The average molecular weight is 303 g/mol. The van der Waals surface area contributed by atoms with Gasteiger partial charge < -0.3 is 20.3 Å². The molecule has 2 rings (SSSR count). The molecule has 0 aliphatic rings. The van der Waals surface area contributed by atoms with Crippen LogP contribution in [0, 0.1) is 0 Å². The van der Waals surface area contributed by atoms with E-state index in [2.05, 4.69) is 15.8 Å². The predicted octanol–water partition coefficient (Wildman–Crippen LogP) is 2.30. The third kappa shape index (κ3) is 4.89. The Balaban J connectivity index is 1.80. The standard InChI is InChI=1S/C16H21N3O3/c1-12(6-5-9-20)18-16(21)17-11-14-10-15(22-19-14)13-7-3-2-4-8-13/h2-4,7-8,10,12,20H,5-6,9,11H2,1H3,(H2,17,18,21). The van der Waals surface area contributed by atoms with Crippen molar-refractivity contribution in [2.75, 3.05) is 6.61 Å². The fourth-order valence-electron chi connectivity index (χ4n) is 2.05. The summed E-state index contributed by atoms with van der Waals surface area (Å²) in [6.45, 7) is 2.34. The van der Waals surface area contributed by atoms with Gasteiger partial charge in [-0.25, -0.2) is 4.79 Å². The maximum absolute atomic E-state index is 11.7. The molecule has 118 valence electrons. The van der Waals surface area contributed by atoms with Gasteiger partial charge >= 0.3 is 6.03 Å². The van der Waals surface area contributed by atoms with Crippen molar-refractivity contribution < 1.29 is 14.4 Å². The van der Waals surface area contributed by atoms with Crippen LogP contribution in [-0.2, 0) is 6.54 Å². The van der Waals surface area contributed by atoms with Crippen molar-refractivity contribution in [1.82, 2.24) is 15.8 Å². The van der Waals surface area contributed by atoms with Crippen LogP contribution < -0.4 is 10.6 Å². The minimum absolute atomic E-state index is 0.0179. The highest BCUT2D eigenvalue weighted by Crippen LogP contribution is 2.19. The van der Waals surface area contributed by atoms with E-state index in [-0.39, 0.29) is 18.7 Å². The molecule has 1 heterocycles. The number of nitrogens with one attached hydrogen (secondary N) is 2. The Kier molecular flexibility index (Phi) is 5.97. The summed E-state index contributed by atoms with van der Waals surface area (Å²) >= 11 is 0. The molecule has 2 aromatic rings. The molecular formula is C16H21N3O3. The number of nitrogens with zero attached hydrogens (tertiary/aromatic N) is 1. The zero-order chi connectivity index (χ0) is 15.8. The summed E-state index contributed by atoms with van der Waals surface area (Å²) in [6, 6.07) is 11.2. The zero-order valence-corrected chi connectivity index (χ0v) is 12.6. The lowest BCUT2D eigenvalue weighted by Gasteiger charge is -2.13. The summed E-state index contributed by atoms with van der Waals surface area (Å²) in [5.74, 6) is 0.675. The highest BCUT2D eigenvalue weighted by Gasteiger charge is 2.09. The minimum Gasteiger partial charge on any atom is -0.396 e. The molecular weight excluding hydrogens is 282 g/mol. The van der Waals surface area contributed by atoms with Gasteiger partial charge in [0.25, 0.3) is 0 Å². The van der Waals surface area contributed by atoms with Crippen LogP contribution in [0.1, 0.15) is 25.5 Å². The van der Waals surface area contributed by atoms with Crippen molar-refractivity contribution in [3.8, 4) is 11.3 Å². The molecule has 0 radical (unpaired) electrons. The number of rotatable bonds is 7. The second kappa shape index (κ2) is 8.19. The Morgan fingerprint density at radius 3 is 2.86 bits per heavy atom. The molecule has 1 unspecified atom stereocenters. The van der Waals surface area contributed by atoms with Crippen LogP contribution >= 0.6 is 0 Å². The van der Waals surface area contributed by atoms with Gasteiger partial charge in [-0.05, 0) is 19.8 Å². The molecule has 0 saturated carbocycles. The van der Waals surface area contributed by atoms with Gasteiger partial charge in [-0.15, -0.1) is 0 Å². The second-order valence-electron chi connectivity index (χ2n) is 5.14. The summed E-state index contributed by atoms with van der Waals surface area (Å²) in [6.07, 6.45) is 1.41. The van der Waals surface area contributed by atoms with Gasteiger partial charge in [-0.2, -0.15) is 0 Å².